The molecule has 0 atom stereocenters. The maximum absolute atomic E-state index is 12.9. The summed E-state index contributed by atoms with van der Waals surface area (Å²) >= 11 is 0. The van der Waals surface area contributed by atoms with Crippen molar-refractivity contribution in [1.29, 1.82) is 5.26 Å². The van der Waals surface area contributed by atoms with E-state index < -0.39 is 15.9 Å². The smallest absolute Gasteiger partial charge is 0.267 e. The summed E-state index contributed by atoms with van der Waals surface area (Å²) < 4.78 is 29.3. The van der Waals surface area contributed by atoms with Crippen LogP contribution in [0.4, 0.5) is 0 Å². The summed E-state index contributed by atoms with van der Waals surface area (Å²) in [5.41, 5.74) is 4.96. The van der Waals surface area contributed by atoms with Gasteiger partial charge in [0.25, 0.3) is 10.0 Å². The Hall–Kier alpha value is -3.51. The molecule has 3 aromatic rings. The second-order valence-electron chi connectivity index (χ2n) is 8.22. The van der Waals surface area contributed by atoms with Gasteiger partial charge in [-0.3, -0.25) is 9.48 Å². The van der Waals surface area contributed by atoms with Crippen LogP contribution < -0.4 is 4.72 Å². The van der Waals surface area contributed by atoms with Gasteiger partial charge >= 0.3 is 0 Å². The molecule has 1 saturated carbocycles. The maximum Gasteiger partial charge on any atom is 0.267 e. The Labute approximate surface area is 186 Å². The molecule has 1 fully saturated rings. The van der Waals surface area contributed by atoms with Crippen molar-refractivity contribution in [2.45, 2.75) is 49.5 Å². The van der Waals surface area contributed by atoms with Crippen LogP contribution in [0.25, 0.3) is 11.1 Å². The lowest BCUT2D eigenvalue weighted by Gasteiger charge is -2.15. The molecule has 1 N–H and O–H groups in total. The Morgan fingerprint density at radius 3 is 2.88 bits per heavy atom. The lowest BCUT2D eigenvalue weighted by Crippen LogP contribution is -2.32. The molecule has 0 spiro atoms. The Morgan fingerprint density at radius 2 is 2.09 bits per heavy atom. The molecule has 2 heterocycles. The van der Waals surface area contributed by atoms with Gasteiger partial charge in [0.05, 0.1) is 18.7 Å². The number of aromatic nitrogens is 3. The van der Waals surface area contributed by atoms with Gasteiger partial charge in [0.1, 0.15) is 16.7 Å². The second-order valence-corrected chi connectivity index (χ2v) is 9.90. The molecule has 0 saturated heterocycles. The van der Waals surface area contributed by atoms with Crippen LogP contribution in [0.1, 0.15) is 47.7 Å². The number of nitrogens with one attached hydrogen (secondary N) is 1. The number of carbonyl (C=O) groups is 1. The van der Waals surface area contributed by atoms with Crippen molar-refractivity contribution in [2.75, 3.05) is 0 Å². The number of nitriles is 1. The van der Waals surface area contributed by atoms with Gasteiger partial charge in [0.2, 0.25) is 5.91 Å². The molecule has 162 valence electrons. The van der Waals surface area contributed by atoms with Crippen LogP contribution in [-0.4, -0.2) is 29.1 Å². The molecule has 2 aromatic heterocycles. The summed E-state index contributed by atoms with van der Waals surface area (Å²) in [5, 5.41) is 13.3. The molecule has 8 nitrogen and oxygen atoms in total. The highest BCUT2D eigenvalue weighted by atomic mass is 32.2. The van der Waals surface area contributed by atoms with Crippen LogP contribution in [0.2, 0.25) is 0 Å². The van der Waals surface area contributed by atoms with Gasteiger partial charge in [0.15, 0.2) is 0 Å². The van der Waals surface area contributed by atoms with Crippen LogP contribution in [0, 0.1) is 11.3 Å². The minimum absolute atomic E-state index is 0.0101. The molecule has 0 aliphatic heterocycles. The maximum atomic E-state index is 12.9. The van der Waals surface area contributed by atoms with Gasteiger partial charge in [-0.25, -0.2) is 18.1 Å². The fourth-order valence-corrected chi connectivity index (χ4v) is 5.20. The second kappa shape index (κ2) is 7.88. The molecule has 5 rings (SSSR count). The van der Waals surface area contributed by atoms with Gasteiger partial charge < -0.3 is 0 Å². The number of benzene rings is 1. The average molecular weight is 448 g/mol. The fourth-order valence-electron chi connectivity index (χ4n) is 4.28. The van der Waals surface area contributed by atoms with Gasteiger partial charge in [-0.1, -0.05) is 12.1 Å². The lowest BCUT2D eigenvalue weighted by molar-refractivity contribution is -0.118. The molecular formula is C23H21N5O3S. The summed E-state index contributed by atoms with van der Waals surface area (Å²) in [4.78, 5) is 16.9. The van der Waals surface area contributed by atoms with E-state index in [-0.39, 0.29) is 23.1 Å². The van der Waals surface area contributed by atoms with E-state index in [0.717, 1.165) is 54.4 Å². The van der Waals surface area contributed by atoms with E-state index in [9.17, 15) is 18.5 Å². The molecule has 32 heavy (non-hydrogen) atoms. The van der Waals surface area contributed by atoms with E-state index in [2.05, 4.69) is 20.9 Å². The first-order valence-corrected chi connectivity index (χ1v) is 12.0. The number of hydrogen-bond acceptors (Lipinski definition) is 6. The number of hydrogen-bond donors (Lipinski definition) is 1. The van der Waals surface area contributed by atoms with Crippen LogP contribution in [0.15, 0.2) is 47.8 Å². The van der Waals surface area contributed by atoms with Crippen molar-refractivity contribution >= 4 is 15.9 Å². The van der Waals surface area contributed by atoms with Crippen molar-refractivity contribution in [3.8, 4) is 17.2 Å². The summed E-state index contributed by atoms with van der Waals surface area (Å²) in [6.45, 7) is 0. The third-order valence-electron chi connectivity index (χ3n) is 5.98. The van der Waals surface area contributed by atoms with Crippen molar-refractivity contribution in [2.24, 2.45) is 0 Å². The molecule has 0 bridgehead atoms. The van der Waals surface area contributed by atoms with E-state index in [0.29, 0.717) is 0 Å². The van der Waals surface area contributed by atoms with E-state index in [4.69, 9.17) is 0 Å². The summed E-state index contributed by atoms with van der Waals surface area (Å²) in [5.74, 6) is -0.597. The first kappa shape index (κ1) is 20.4. The Balaban J connectivity index is 1.44. The molecule has 2 aliphatic rings. The predicted octanol–water partition coefficient (Wildman–Crippen LogP) is 2.69. The molecule has 0 unspecified atom stereocenters. The SMILES string of the molecule is N#Cc1cc(-c2ccc3c(c2CC(=O)NS(=O)(=O)c2cnn(C4CC4)c2)CCC3)ccn1. The molecule has 2 aliphatic carbocycles. The number of nitrogens with zero attached hydrogens (tertiary/aromatic N) is 4. The minimum atomic E-state index is -4.00. The normalized spacial score (nSPS) is 15.2. The number of carbonyl (C=O) groups excluding carboxylic acids is 1. The number of amides is 1. The summed E-state index contributed by atoms with van der Waals surface area (Å²) in [7, 11) is -4.00. The van der Waals surface area contributed by atoms with Gasteiger partial charge in [-0.05, 0) is 72.1 Å². The zero-order valence-electron chi connectivity index (χ0n) is 17.3. The van der Waals surface area contributed by atoms with Gasteiger partial charge in [0, 0.05) is 12.4 Å². The zero-order chi connectivity index (χ0) is 22.3. The van der Waals surface area contributed by atoms with Crippen LogP contribution in [0.5, 0.6) is 0 Å². The molecular weight excluding hydrogens is 426 g/mol. The summed E-state index contributed by atoms with van der Waals surface area (Å²) in [6.07, 6.45) is 8.97. The third-order valence-corrected chi connectivity index (χ3v) is 7.31. The Morgan fingerprint density at radius 1 is 1.25 bits per heavy atom. The predicted molar refractivity (Wildman–Crippen MR) is 116 cm³/mol. The van der Waals surface area contributed by atoms with Crippen LogP contribution in [-0.2, 0) is 34.1 Å². The molecule has 0 radical (unpaired) electrons. The summed E-state index contributed by atoms with van der Waals surface area (Å²) in [6, 6.07) is 9.76. The number of pyridine rings is 1. The quantitative estimate of drug-likeness (QED) is 0.621. The zero-order valence-corrected chi connectivity index (χ0v) is 18.1. The highest BCUT2D eigenvalue weighted by molar-refractivity contribution is 7.90. The largest absolute Gasteiger partial charge is 0.274 e. The van der Waals surface area contributed by atoms with Gasteiger partial charge in [-0.15, -0.1) is 0 Å². The first-order chi connectivity index (χ1) is 15.4. The van der Waals surface area contributed by atoms with Crippen LogP contribution in [0.3, 0.4) is 0 Å². The van der Waals surface area contributed by atoms with E-state index in [1.54, 1.807) is 23.0 Å². The van der Waals surface area contributed by atoms with Crippen molar-refractivity contribution in [3.05, 3.63) is 65.2 Å². The van der Waals surface area contributed by atoms with Crippen LogP contribution >= 0.6 is 0 Å². The van der Waals surface area contributed by atoms with E-state index in [1.807, 2.05) is 12.1 Å². The Bertz CT molecular complexity index is 1370. The first-order valence-electron chi connectivity index (χ1n) is 10.5. The number of sulfonamides is 1. The number of aryl methyl sites for hydroxylation is 1. The number of rotatable bonds is 6. The Kier molecular flexibility index (Phi) is 5.02. The van der Waals surface area contributed by atoms with E-state index in [1.165, 1.54) is 18.0 Å². The van der Waals surface area contributed by atoms with Crippen molar-refractivity contribution < 1.29 is 13.2 Å². The van der Waals surface area contributed by atoms with Crippen molar-refractivity contribution in [1.82, 2.24) is 19.5 Å². The average Bonchev–Trinajstić information content (AvgIpc) is 3.29. The third kappa shape index (κ3) is 3.89. The molecule has 9 heteroatoms. The topological polar surface area (TPSA) is 118 Å². The number of fused-ring (bicyclic) bond motifs is 1. The molecule has 1 aromatic carbocycles. The highest BCUT2D eigenvalue weighted by Crippen LogP contribution is 2.35. The fraction of sp³-hybridized carbons (Fsp3) is 0.304. The minimum Gasteiger partial charge on any atom is -0.274 e. The monoisotopic (exact) mass is 447 g/mol. The lowest BCUT2D eigenvalue weighted by atomic mass is 9.91. The van der Waals surface area contributed by atoms with E-state index >= 15 is 0 Å². The standard InChI is InChI=1S/C23H21N5O3S/c24-12-17-10-16(8-9-25-17)21-7-4-15-2-1-3-20(15)22(21)11-23(29)27-32(30,31)19-13-26-28(14-19)18-5-6-18/h4,7-10,13-14,18H,1-3,5-6,11H2,(H,27,29). The highest BCUT2D eigenvalue weighted by Gasteiger charge is 2.28. The van der Waals surface area contributed by atoms with Gasteiger partial charge in [-0.2, -0.15) is 10.4 Å². The van der Waals surface area contributed by atoms with Crippen molar-refractivity contribution in [3.63, 3.8) is 0 Å². The molecule has 1 amide bonds.